The molecule has 1 heterocycles. The Labute approximate surface area is 162 Å². The van der Waals surface area contributed by atoms with Gasteiger partial charge in [-0.2, -0.15) is 0 Å². The first kappa shape index (κ1) is 18.9. The summed E-state index contributed by atoms with van der Waals surface area (Å²) in [6.07, 6.45) is 3.14. The van der Waals surface area contributed by atoms with Gasteiger partial charge < -0.3 is 14.7 Å². The van der Waals surface area contributed by atoms with Crippen molar-refractivity contribution >= 4 is 21.8 Å². The molecular formula is C21H24BrNO3. The molecule has 138 valence electrons. The summed E-state index contributed by atoms with van der Waals surface area (Å²) < 4.78 is 6.52. The molecule has 0 aromatic heterocycles. The summed E-state index contributed by atoms with van der Waals surface area (Å²) in [5.74, 6) is 1.20. The van der Waals surface area contributed by atoms with E-state index in [1.807, 2.05) is 17.0 Å². The van der Waals surface area contributed by atoms with E-state index in [0.29, 0.717) is 17.2 Å². The smallest absolute Gasteiger partial charge is 0.260 e. The molecule has 2 aromatic carbocycles. The van der Waals surface area contributed by atoms with Gasteiger partial charge in [0.05, 0.1) is 6.61 Å². The molecule has 26 heavy (non-hydrogen) atoms. The van der Waals surface area contributed by atoms with Crippen molar-refractivity contribution in [3.63, 3.8) is 0 Å². The molecule has 3 rings (SSSR count). The largest absolute Gasteiger partial charge is 0.483 e. The van der Waals surface area contributed by atoms with E-state index in [-0.39, 0.29) is 19.1 Å². The first-order chi connectivity index (χ1) is 12.7. The van der Waals surface area contributed by atoms with Crippen LogP contribution in [0.25, 0.3) is 0 Å². The van der Waals surface area contributed by atoms with E-state index < -0.39 is 0 Å². The van der Waals surface area contributed by atoms with Crippen LogP contribution in [0.4, 0.5) is 0 Å². The average molecular weight is 418 g/mol. The van der Waals surface area contributed by atoms with Crippen molar-refractivity contribution in [3.8, 4) is 5.75 Å². The van der Waals surface area contributed by atoms with Crippen LogP contribution in [0.5, 0.6) is 5.75 Å². The maximum Gasteiger partial charge on any atom is 0.260 e. The molecule has 0 saturated carbocycles. The van der Waals surface area contributed by atoms with Gasteiger partial charge in [0.2, 0.25) is 0 Å². The molecule has 1 aliphatic rings. The lowest BCUT2D eigenvalue weighted by Gasteiger charge is -2.32. The van der Waals surface area contributed by atoms with E-state index in [1.165, 1.54) is 5.56 Å². The molecule has 4 nitrogen and oxygen atoms in total. The monoisotopic (exact) mass is 417 g/mol. The standard InChI is InChI=1S/C21H24BrNO3/c22-19-6-7-20(18(13-19)14-24)26-15-21(25)23-10-8-17(9-11-23)12-16-4-2-1-3-5-16/h1-7,13,17,24H,8-12,14-15H2. The van der Waals surface area contributed by atoms with Gasteiger partial charge in [-0.3, -0.25) is 4.79 Å². The topological polar surface area (TPSA) is 49.8 Å². The molecule has 1 amide bonds. The molecule has 0 spiro atoms. The number of rotatable bonds is 6. The molecule has 1 aliphatic heterocycles. The predicted molar refractivity (Wildman–Crippen MR) is 105 cm³/mol. The number of likely N-dealkylation sites (tertiary alicyclic amines) is 1. The number of hydrogen-bond acceptors (Lipinski definition) is 3. The number of carbonyl (C=O) groups is 1. The number of aliphatic hydroxyl groups is 1. The summed E-state index contributed by atoms with van der Waals surface area (Å²) in [4.78, 5) is 14.3. The minimum atomic E-state index is -0.117. The van der Waals surface area contributed by atoms with Gasteiger partial charge in [0.1, 0.15) is 5.75 Å². The van der Waals surface area contributed by atoms with E-state index in [9.17, 15) is 9.90 Å². The second-order valence-corrected chi connectivity index (χ2v) is 7.63. The summed E-state index contributed by atoms with van der Waals surface area (Å²) in [5.41, 5.74) is 2.04. The molecule has 1 N–H and O–H groups in total. The lowest BCUT2D eigenvalue weighted by Crippen LogP contribution is -2.41. The van der Waals surface area contributed by atoms with Crippen molar-refractivity contribution in [1.29, 1.82) is 0 Å². The molecule has 0 radical (unpaired) electrons. The molecule has 1 fully saturated rings. The number of ether oxygens (including phenoxy) is 1. The Morgan fingerprint density at radius 3 is 2.58 bits per heavy atom. The van der Waals surface area contributed by atoms with Crippen LogP contribution in [0.1, 0.15) is 24.0 Å². The van der Waals surface area contributed by atoms with Gasteiger partial charge >= 0.3 is 0 Å². The highest BCUT2D eigenvalue weighted by atomic mass is 79.9. The van der Waals surface area contributed by atoms with Gasteiger partial charge in [-0.25, -0.2) is 0 Å². The second-order valence-electron chi connectivity index (χ2n) is 6.71. The van der Waals surface area contributed by atoms with Gasteiger partial charge in [0, 0.05) is 23.1 Å². The zero-order valence-electron chi connectivity index (χ0n) is 14.7. The summed E-state index contributed by atoms with van der Waals surface area (Å²) in [7, 11) is 0. The molecular weight excluding hydrogens is 394 g/mol. The molecule has 2 aromatic rings. The maximum absolute atomic E-state index is 12.4. The minimum absolute atomic E-state index is 0.00923. The van der Waals surface area contributed by atoms with E-state index >= 15 is 0 Å². The van der Waals surface area contributed by atoms with E-state index in [2.05, 4.69) is 40.2 Å². The van der Waals surface area contributed by atoms with Gasteiger partial charge in [-0.05, 0) is 48.9 Å². The lowest BCUT2D eigenvalue weighted by atomic mass is 9.90. The van der Waals surface area contributed by atoms with Crippen LogP contribution < -0.4 is 4.74 Å². The summed E-state index contributed by atoms with van der Waals surface area (Å²) in [6.45, 7) is 1.46. The van der Waals surface area contributed by atoms with Crippen LogP contribution in [0.3, 0.4) is 0 Å². The highest BCUT2D eigenvalue weighted by Crippen LogP contribution is 2.24. The Morgan fingerprint density at radius 1 is 1.15 bits per heavy atom. The van der Waals surface area contributed by atoms with E-state index in [1.54, 1.807) is 12.1 Å². The highest BCUT2D eigenvalue weighted by Gasteiger charge is 2.23. The molecule has 1 saturated heterocycles. The van der Waals surface area contributed by atoms with Gasteiger partial charge in [0.25, 0.3) is 5.91 Å². The Hall–Kier alpha value is -1.85. The number of amides is 1. The van der Waals surface area contributed by atoms with Gasteiger partial charge in [-0.15, -0.1) is 0 Å². The van der Waals surface area contributed by atoms with Crippen molar-refractivity contribution in [2.45, 2.75) is 25.9 Å². The van der Waals surface area contributed by atoms with Crippen LogP contribution in [-0.4, -0.2) is 35.6 Å². The first-order valence-corrected chi connectivity index (χ1v) is 9.79. The SMILES string of the molecule is O=C(COc1ccc(Br)cc1CO)N1CCC(Cc2ccccc2)CC1. The number of benzene rings is 2. The van der Waals surface area contributed by atoms with Crippen molar-refractivity contribution in [2.75, 3.05) is 19.7 Å². The van der Waals surface area contributed by atoms with Crippen LogP contribution in [0, 0.1) is 5.92 Å². The number of hydrogen-bond donors (Lipinski definition) is 1. The molecule has 0 aliphatic carbocycles. The van der Waals surface area contributed by atoms with E-state index in [0.717, 1.165) is 36.8 Å². The lowest BCUT2D eigenvalue weighted by molar-refractivity contribution is -0.134. The van der Waals surface area contributed by atoms with Crippen LogP contribution in [-0.2, 0) is 17.8 Å². The fourth-order valence-corrected chi connectivity index (χ4v) is 3.79. The fourth-order valence-electron chi connectivity index (χ4n) is 3.38. The summed E-state index contributed by atoms with van der Waals surface area (Å²) in [5, 5.41) is 9.41. The summed E-state index contributed by atoms with van der Waals surface area (Å²) >= 11 is 3.37. The second kappa shape index (κ2) is 9.19. The number of halogens is 1. The molecule has 0 bridgehead atoms. The Balaban J connectivity index is 1.47. The molecule has 0 atom stereocenters. The summed E-state index contributed by atoms with van der Waals surface area (Å²) in [6, 6.07) is 15.9. The third-order valence-corrected chi connectivity index (χ3v) is 5.37. The quantitative estimate of drug-likeness (QED) is 0.777. The van der Waals surface area contributed by atoms with Gasteiger partial charge in [-0.1, -0.05) is 46.3 Å². The molecule has 0 unspecified atom stereocenters. The van der Waals surface area contributed by atoms with Crippen LogP contribution in [0.15, 0.2) is 53.0 Å². The van der Waals surface area contributed by atoms with Crippen LogP contribution >= 0.6 is 15.9 Å². The third kappa shape index (κ3) is 5.08. The van der Waals surface area contributed by atoms with Gasteiger partial charge in [0.15, 0.2) is 6.61 Å². The Bertz CT molecular complexity index is 727. The van der Waals surface area contributed by atoms with E-state index in [4.69, 9.17) is 4.74 Å². The number of aliphatic hydroxyl groups excluding tert-OH is 1. The number of nitrogens with zero attached hydrogens (tertiary/aromatic N) is 1. The third-order valence-electron chi connectivity index (χ3n) is 4.88. The van der Waals surface area contributed by atoms with Crippen molar-refractivity contribution < 1.29 is 14.6 Å². The van der Waals surface area contributed by atoms with Crippen LogP contribution in [0.2, 0.25) is 0 Å². The average Bonchev–Trinajstić information content (AvgIpc) is 2.68. The predicted octanol–water partition coefficient (Wildman–Crippen LogP) is 3.80. The maximum atomic E-state index is 12.4. The Kier molecular flexibility index (Phi) is 6.69. The number of piperidine rings is 1. The van der Waals surface area contributed by atoms with Crippen molar-refractivity contribution in [3.05, 3.63) is 64.1 Å². The van der Waals surface area contributed by atoms with Crippen molar-refractivity contribution in [2.24, 2.45) is 5.92 Å². The van der Waals surface area contributed by atoms with Crippen molar-refractivity contribution in [1.82, 2.24) is 4.90 Å². The Morgan fingerprint density at radius 2 is 1.88 bits per heavy atom. The normalized spacial score (nSPS) is 15.1. The fraction of sp³-hybridized carbons (Fsp3) is 0.381. The minimum Gasteiger partial charge on any atom is -0.483 e. The zero-order chi connectivity index (χ0) is 18.4. The molecule has 5 heteroatoms. The highest BCUT2D eigenvalue weighted by molar-refractivity contribution is 9.10. The number of carbonyl (C=O) groups excluding carboxylic acids is 1. The zero-order valence-corrected chi connectivity index (χ0v) is 16.3. The first-order valence-electron chi connectivity index (χ1n) is 8.99.